The number of nitrogens with one attached hydrogen (secondary N) is 2. The summed E-state index contributed by atoms with van der Waals surface area (Å²) >= 11 is 0. The smallest absolute Gasteiger partial charge is 0.255 e. The molecule has 6 nitrogen and oxygen atoms in total. The zero-order chi connectivity index (χ0) is 19.5. The molecule has 3 N–H and O–H groups in total. The number of benzene rings is 2. The average molecular weight is 376 g/mol. The van der Waals surface area contributed by atoms with Gasteiger partial charge in [0, 0.05) is 37.3 Å². The van der Waals surface area contributed by atoms with E-state index in [1.165, 1.54) is 5.56 Å². The van der Waals surface area contributed by atoms with Crippen LogP contribution in [0.2, 0.25) is 0 Å². The summed E-state index contributed by atoms with van der Waals surface area (Å²) in [5.74, 6) is -0.160. The van der Waals surface area contributed by atoms with Gasteiger partial charge >= 0.3 is 0 Å². The van der Waals surface area contributed by atoms with E-state index >= 15 is 0 Å². The van der Waals surface area contributed by atoms with Crippen molar-refractivity contribution in [3.8, 4) is 16.9 Å². The molecule has 6 heteroatoms. The molecule has 1 aliphatic heterocycles. The molecule has 2 aromatic carbocycles. The van der Waals surface area contributed by atoms with Crippen LogP contribution < -0.4 is 10.6 Å². The number of rotatable bonds is 5. The Morgan fingerprint density at radius 3 is 2.61 bits per heavy atom. The number of hydrogen-bond acceptors (Lipinski definition) is 4. The van der Waals surface area contributed by atoms with Crippen molar-refractivity contribution in [2.24, 2.45) is 5.92 Å². The zero-order valence-electron chi connectivity index (χ0n) is 15.8. The molecule has 1 saturated heterocycles. The van der Waals surface area contributed by atoms with Crippen LogP contribution in [0.25, 0.3) is 16.9 Å². The predicted molar refractivity (Wildman–Crippen MR) is 108 cm³/mol. The summed E-state index contributed by atoms with van der Waals surface area (Å²) < 4.78 is 1.74. The fourth-order valence-electron chi connectivity index (χ4n) is 3.43. The Bertz CT molecular complexity index is 950. The number of β-amino-alcohol motifs (C(OH)–C–C–N with tert-alkyl or cyclic N) is 1. The van der Waals surface area contributed by atoms with Crippen LogP contribution in [-0.2, 0) is 0 Å². The number of nitrogens with zero attached hydrogens (tertiary/aromatic N) is 2. The van der Waals surface area contributed by atoms with E-state index in [1.54, 1.807) is 10.9 Å². The molecule has 0 saturated carbocycles. The summed E-state index contributed by atoms with van der Waals surface area (Å²) in [6.45, 7) is 3.74. The summed E-state index contributed by atoms with van der Waals surface area (Å²) in [5, 5.41) is 20.7. The Balaban J connectivity index is 1.64. The number of carbonyl (C=O) groups excluding carboxylic acids is 1. The van der Waals surface area contributed by atoms with Gasteiger partial charge in [-0.05, 0) is 19.1 Å². The van der Waals surface area contributed by atoms with Crippen LogP contribution in [-0.4, -0.2) is 46.5 Å². The number of amides is 1. The van der Waals surface area contributed by atoms with Crippen molar-refractivity contribution < 1.29 is 9.90 Å². The third-order valence-electron chi connectivity index (χ3n) is 5.13. The molecule has 28 heavy (non-hydrogen) atoms. The van der Waals surface area contributed by atoms with Crippen LogP contribution in [0.5, 0.6) is 0 Å². The van der Waals surface area contributed by atoms with Crippen molar-refractivity contribution in [2.75, 3.05) is 19.6 Å². The lowest BCUT2D eigenvalue weighted by molar-refractivity contribution is 0.0927. The SMILES string of the molecule is Cc1ccc(-n2cc(C(=O)NCC3CNCC3O)c(-c3ccccc3)n2)cc1. The van der Waals surface area contributed by atoms with E-state index in [0.29, 0.717) is 30.9 Å². The van der Waals surface area contributed by atoms with Gasteiger partial charge in [0.1, 0.15) is 5.69 Å². The van der Waals surface area contributed by atoms with Gasteiger partial charge in [-0.25, -0.2) is 4.68 Å². The van der Waals surface area contributed by atoms with Gasteiger partial charge in [-0.2, -0.15) is 5.10 Å². The first kappa shape index (κ1) is 18.4. The standard InChI is InChI=1S/C22H24N4O2/c1-15-7-9-18(10-8-15)26-14-19(21(25-26)16-5-3-2-4-6-16)22(28)24-12-17-11-23-13-20(17)27/h2-10,14,17,20,23,27H,11-13H2,1H3,(H,24,28). The maximum absolute atomic E-state index is 12.9. The first-order valence-electron chi connectivity index (χ1n) is 9.51. The molecule has 2 unspecified atom stereocenters. The number of carbonyl (C=O) groups is 1. The van der Waals surface area contributed by atoms with Crippen LogP contribution in [0.15, 0.2) is 60.8 Å². The average Bonchev–Trinajstić information content (AvgIpc) is 3.34. The molecule has 2 heterocycles. The molecule has 0 radical (unpaired) electrons. The highest BCUT2D eigenvalue weighted by Gasteiger charge is 2.26. The fraction of sp³-hybridized carbons (Fsp3) is 0.273. The normalized spacial score (nSPS) is 18.9. The summed E-state index contributed by atoms with van der Waals surface area (Å²) in [6, 6.07) is 17.7. The van der Waals surface area contributed by atoms with E-state index in [1.807, 2.05) is 61.5 Å². The van der Waals surface area contributed by atoms with E-state index in [2.05, 4.69) is 10.6 Å². The first-order chi connectivity index (χ1) is 13.6. The van der Waals surface area contributed by atoms with Gasteiger partial charge in [-0.15, -0.1) is 0 Å². The van der Waals surface area contributed by atoms with Gasteiger partial charge in [0.05, 0.1) is 17.4 Å². The zero-order valence-corrected chi connectivity index (χ0v) is 15.8. The number of aromatic nitrogens is 2. The molecule has 1 aliphatic rings. The Morgan fingerprint density at radius 1 is 1.18 bits per heavy atom. The predicted octanol–water partition coefficient (Wildman–Crippen LogP) is 2.16. The third kappa shape index (κ3) is 3.83. The second-order valence-electron chi connectivity index (χ2n) is 7.23. The van der Waals surface area contributed by atoms with Gasteiger partial charge in [-0.3, -0.25) is 4.79 Å². The van der Waals surface area contributed by atoms with E-state index in [0.717, 1.165) is 11.3 Å². The number of hydrogen-bond donors (Lipinski definition) is 3. The molecule has 1 aromatic heterocycles. The molecular weight excluding hydrogens is 352 g/mol. The molecule has 3 aromatic rings. The topological polar surface area (TPSA) is 79.2 Å². The minimum Gasteiger partial charge on any atom is -0.391 e. The summed E-state index contributed by atoms with van der Waals surface area (Å²) in [7, 11) is 0. The van der Waals surface area contributed by atoms with Crippen molar-refractivity contribution in [1.29, 1.82) is 0 Å². The van der Waals surface area contributed by atoms with Crippen LogP contribution in [0.1, 0.15) is 15.9 Å². The van der Waals surface area contributed by atoms with Gasteiger partial charge in [0.2, 0.25) is 0 Å². The van der Waals surface area contributed by atoms with Crippen molar-refractivity contribution in [3.05, 3.63) is 71.9 Å². The number of aliphatic hydroxyl groups is 1. The molecule has 4 rings (SSSR count). The lowest BCUT2D eigenvalue weighted by atomic mass is 10.1. The number of aryl methyl sites for hydroxylation is 1. The minimum absolute atomic E-state index is 0.0243. The number of aliphatic hydroxyl groups excluding tert-OH is 1. The maximum Gasteiger partial charge on any atom is 0.255 e. The minimum atomic E-state index is -0.427. The molecule has 144 valence electrons. The van der Waals surface area contributed by atoms with Crippen molar-refractivity contribution >= 4 is 5.91 Å². The monoisotopic (exact) mass is 376 g/mol. The fourth-order valence-corrected chi connectivity index (χ4v) is 3.43. The molecule has 1 fully saturated rings. The molecule has 0 spiro atoms. The van der Waals surface area contributed by atoms with Crippen LogP contribution >= 0.6 is 0 Å². The molecule has 2 atom stereocenters. The quantitative estimate of drug-likeness (QED) is 0.638. The van der Waals surface area contributed by atoms with Crippen LogP contribution in [0.3, 0.4) is 0 Å². The van der Waals surface area contributed by atoms with Crippen molar-refractivity contribution in [2.45, 2.75) is 13.0 Å². The van der Waals surface area contributed by atoms with Gasteiger partial charge < -0.3 is 15.7 Å². The Labute approximate surface area is 164 Å². The largest absolute Gasteiger partial charge is 0.391 e. The lowest BCUT2D eigenvalue weighted by Crippen LogP contribution is -2.34. The van der Waals surface area contributed by atoms with Gasteiger partial charge in [-0.1, -0.05) is 48.0 Å². The Kier molecular flexibility index (Phi) is 5.23. The third-order valence-corrected chi connectivity index (χ3v) is 5.13. The summed E-state index contributed by atoms with van der Waals surface area (Å²) in [4.78, 5) is 12.9. The van der Waals surface area contributed by atoms with Crippen molar-refractivity contribution in [1.82, 2.24) is 20.4 Å². The Morgan fingerprint density at radius 2 is 1.93 bits per heavy atom. The second kappa shape index (κ2) is 7.96. The van der Waals surface area contributed by atoms with E-state index in [9.17, 15) is 9.90 Å². The van der Waals surface area contributed by atoms with E-state index < -0.39 is 6.10 Å². The van der Waals surface area contributed by atoms with Gasteiger partial charge in [0.25, 0.3) is 5.91 Å². The molecular formula is C22H24N4O2. The first-order valence-corrected chi connectivity index (χ1v) is 9.51. The Hall–Kier alpha value is -2.96. The highest BCUT2D eigenvalue weighted by molar-refractivity contribution is 5.99. The molecule has 0 aliphatic carbocycles. The molecule has 0 bridgehead atoms. The highest BCUT2D eigenvalue weighted by Crippen LogP contribution is 2.24. The summed E-state index contributed by atoms with van der Waals surface area (Å²) in [6.07, 6.45) is 1.34. The van der Waals surface area contributed by atoms with Crippen LogP contribution in [0.4, 0.5) is 0 Å². The highest BCUT2D eigenvalue weighted by atomic mass is 16.3. The van der Waals surface area contributed by atoms with Gasteiger partial charge in [0.15, 0.2) is 0 Å². The van der Waals surface area contributed by atoms with Crippen molar-refractivity contribution in [3.63, 3.8) is 0 Å². The lowest BCUT2D eigenvalue weighted by Gasteiger charge is -2.14. The molecule has 1 amide bonds. The maximum atomic E-state index is 12.9. The van der Waals surface area contributed by atoms with E-state index in [-0.39, 0.29) is 11.8 Å². The second-order valence-corrected chi connectivity index (χ2v) is 7.23. The van der Waals surface area contributed by atoms with E-state index in [4.69, 9.17) is 5.10 Å². The van der Waals surface area contributed by atoms with Crippen LogP contribution in [0, 0.1) is 12.8 Å². The summed E-state index contributed by atoms with van der Waals surface area (Å²) in [5.41, 5.74) is 4.12.